The van der Waals surface area contributed by atoms with Crippen molar-refractivity contribution < 1.29 is 25.2 Å². The van der Waals surface area contributed by atoms with Crippen LogP contribution < -0.4 is 10.8 Å². The van der Waals surface area contributed by atoms with Gasteiger partial charge in [-0.2, -0.15) is 0 Å². The van der Waals surface area contributed by atoms with Crippen molar-refractivity contribution in [1.82, 2.24) is 0 Å². The summed E-state index contributed by atoms with van der Waals surface area (Å²) in [5.74, 6) is -2.36. The molecule has 0 aliphatic rings. The third kappa shape index (κ3) is 4.37. The molecule has 1 atom stereocenters. The van der Waals surface area contributed by atoms with Crippen molar-refractivity contribution >= 4 is 11.9 Å². The Hall–Kier alpha value is -1.88. The van der Waals surface area contributed by atoms with Gasteiger partial charge in [0.05, 0.1) is 24.0 Å². The molecule has 104 valence electrons. The van der Waals surface area contributed by atoms with E-state index < -0.39 is 23.5 Å². The molecule has 0 aliphatic carbocycles. The van der Waals surface area contributed by atoms with Gasteiger partial charge in [-0.25, -0.2) is 4.79 Å². The smallest absolute Gasteiger partial charge is 0.338 e. The second-order valence-electron chi connectivity index (χ2n) is 5.28. The zero-order chi connectivity index (χ0) is 14.6. The predicted octanol–water partition coefficient (Wildman–Crippen LogP) is -0.283. The van der Waals surface area contributed by atoms with Crippen LogP contribution in [0.3, 0.4) is 0 Å². The van der Waals surface area contributed by atoms with Crippen LogP contribution in [0.4, 0.5) is 0 Å². The van der Waals surface area contributed by atoms with Gasteiger partial charge in [0.25, 0.3) is 0 Å². The van der Waals surface area contributed by atoms with Crippen molar-refractivity contribution in [3.8, 4) is 0 Å². The Morgan fingerprint density at radius 3 is 2.16 bits per heavy atom. The molecule has 0 amide bonds. The van der Waals surface area contributed by atoms with Gasteiger partial charge >= 0.3 is 5.97 Å². The maximum absolute atomic E-state index is 11.8. The van der Waals surface area contributed by atoms with Crippen LogP contribution in [0.1, 0.15) is 42.6 Å². The number of benzene rings is 1. The maximum Gasteiger partial charge on any atom is 0.338 e. The van der Waals surface area contributed by atoms with Gasteiger partial charge in [0.2, 0.25) is 0 Å². The Bertz CT molecular complexity index is 459. The van der Waals surface area contributed by atoms with Crippen LogP contribution >= 0.6 is 0 Å². The first-order valence-corrected chi connectivity index (χ1v) is 6.08. The van der Waals surface area contributed by atoms with Crippen LogP contribution in [0.2, 0.25) is 0 Å². The molecule has 0 spiro atoms. The van der Waals surface area contributed by atoms with E-state index in [1.807, 2.05) is 0 Å². The highest BCUT2D eigenvalue weighted by Gasteiger charge is 2.18. The molecule has 1 rings (SSSR count). The lowest BCUT2D eigenvalue weighted by atomic mass is 9.98. The van der Waals surface area contributed by atoms with Crippen LogP contribution in [0.15, 0.2) is 24.3 Å². The average molecular weight is 265 g/mol. The highest BCUT2D eigenvalue weighted by atomic mass is 16.6. The molecule has 1 aromatic rings. The van der Waals surface area contributed by atoms with Crippen LogP contribution in [-0.2, 0) is 9.53 Å². The van der Waals surface area contributed by atoms with Crippen LogP contribution in [-0.4, -0.2) is 24.1 Å². The minimum Gasteiger partial charge on any atom is -0.549 e. The fourth-order valence-electron chi connectivity index (χ4n) is 1.61. The molecule has 0 aromatic heterocycles. The number of aliphatic carboxylic acids is 1. The van der Waals surface area contributed by atoms with Gasteiger partial charge in [-0.15, -0.1) is 0 Å². The summed E-state index contributed by atoms with van der Waals surface area (Å²) in [5.41, 5.74) is 3.98. The number of carbonyl (C=O) groups excluding carboxylic acids is 2. The molecule has 1 aromatic carbocycles. The quantitative estimate of drug-likeness (QED) is 0.757. The van der Waals surface area contributed by atoms with Crippen LogP contribution in [0, 0.1) is 0 Å². The summed E-state index contributed by atoms with van der Waals surface area (Å²) in [4.78, 5) is 22.7. The molecular formula is C14H19NO4. The van der Waals surface area contributed by atoms with Crippen molar-refractivity contribution in [2.24, 2.45) is 0 Å². The molecule has 0 unspecified atom stereocenters. The Morgan fingerprint density at radius 1 is 1.26 bits per heavy atom. The zero-order valence-electron chi connectivity index (χ0n) is 11.4. The third-order valence-electron chi connectivity index (χ3n) is 2.52. The first-order chi connectivity index (χ1) is 8.74. The fourth-order valence-corrected chi connectivity index (χ4v) is 1.61. The van der Waals surface area contributed by atoms with Gasteiger partial charge in [-0.1, -0.05) is 12.1 Å². The first kappa shape index (κ1) is 15.2. The topological polar surface area (TPSA) is 94.1 Å². The summed E-state index contributed by atoms with van der Waals surface area (Å²) in [6.45, 7) is 5.56. The van der Waals surface area contributed by atoms with E-state index in [-0.39, 0.29) is 6.54 Å². The average Bonchev–Trinajstić information content (AvgIpc) is 2.28. The molecular weight excluding hydrogens is 246 g/mol. The number of rotatable bonds is 4. The monoisotopic (exact) mass is 265 g/mol. The number of ether oxygens (including phenoxy) is 1. The second-order valence-corrected chi connectivity index (χ2v) is 5.28. The minimum atomic E-state index is -1.17. The lowest BCUT2D eigenvalue weighted by Gasteiger charge is -2.20. The number of quaternary nitrogens is 1. The second kappa shape index (κ2) is 5.84. The third-order valence-corrected chi connectivity index (χ3v) is 2.52. The first-order valence-electron chi connectivity index (χ1n) is 6.08. The van der Waals surface area contributed by atoms with Gasteiger partial charge in [0, 0.05) is 0 Å². The number of carbonyl (C=O) groups is 2. The molecule has 5 nitrogen and oxygen atoms in total. The van der Waals surface area contributed by atoms with Gasteiger partial charge in [-0.05, 0) is 38.5 Å². The van der Waals surface area contributed by atoms with Gasteiger partial charge < -0.3 is 20.4 Å². The maximum atomic E-state index is 11.8. The number of hydrogen-bond donors (Lipinski definition) is 1. The van der Waals surface area contributed by atoms with Crippen molar-refractivity contribution in [1.29, 1.82) is 0 Å². The lowest BCUT2D eigenvalue weighted by molar-refractivity contribution is -0.379. The highest BCUT2D eigenvalue weighted by Crippen LogP contribution is 2.17. The zero-order valence-corrected chi connectivity index (χ0v) is 11.4. The standard InChI is InChI=1S/C14H19NO4/c1-14(2,3)19-13(18)10-6-4-9(5-7-10)11(8-15)12(16)17/h4-7,11H,8,15H2,1-3H3,(H,16,17)/t11-/m0/s1. The molecule has 0 radical (unpaired) electrons. The molecule has 0 aliphatic heterocycles. The van der Waals surface area contributed by atoms with E-state index in [4.69, 9.17) is 4.74 Å². The van der Waals surface area contributed by atoms with E-state index in [1.165, 1.54) is 0 Å². The summed E-state index contributed by atoms with van der Waals surface area (Å²) < 4.78 is 5.22. The number of hydrogen-bond acceptors (Lipinski definition) is 4. The molecule has 0 saturated heterocycles. The van der Waals surface area contributed by atoms with E-state index in [0.29, 0.717) is 11.1 Å². The summed E-state index contributed by atoms with van der Waals surface area (Å²) >= 11 is 0. The summed E-state index contributed by atoms with van der Waals surface area (Å²) in [5, 5.41) is 10.9. The summed E-state index contributed by atoms with van der Waals surface area (Å²) in [7, 11) is 0. The SMILES string of the molecule is CC(C)(C)OC(=O)c1ccc([C@H](C[NH3+])C(=O)[O-])cc1. The van der Waals surface area contributed by atoms with E-state index in [0.717, 1.165) is 0 Å². The lowest BCUT2D eigenvalue weighted by Crippen LogP contribution is -2.56. The normalized spacial score (nSPS) is 12.8. The molecule has 0 bridgehead atoms. The number of carboxylic acids is 1. The van der Waals surface area contributed by atoms with Gasteiger partial charge in [-0.3, -0.25) is 0 Å². The Morgan fingerprint density at radius 2 is 1.79 bits per heavy atom. The Balaban J connectivity index is 2.87. The van der Waals surface area contributed by atoms with Crippen molar-refractivity contribution in [2.45, 2.75) is 32.3 Å². The minimum absolute atomic E-state index is 0.202. The van der Waals surface area contributed by atoms with Crippen LogP contribution in [0.5, 0.6) is 0 Å². The molecule has 0 saturated carbocycles. The molecule has 19 heavy (non-hydrogen) atoms. The molecule has 0 fully saturated rings. The van der Waals surface area contributed by atoms with Gasteiger partial charge in [0.15, 0.2) is 0 Å². The molecule has 3 N–H and O–H groups in total. The highest BCUT2D eigenvalue weighted by molar-refractivity contribution is 5.89. The number of carboxylic acid groups (broad SMARTS) is 1. The Kier molecular flexibility index (Phi) is 4.67. The van der Waals surface area contributed by atoms with E-state index in [2.05, 4.69) is 5.73 Å². The number of esters is 1. The van der Waals surface area contributed by atoms with Crippen molar-refractivity contribution in [3.05, 3.63) is 35.4 Å². The summed E-state index contributed by atoms with van der Waals surface area (Å²) in [6, 6.07) is 6.28. The van der Waals surface area contributed by atoms with E-state index >= 15 is 0 Å². The predicted molar refractivity (Wildman–Crippen MR) is 67.1 cm³/mol. The van der Waals surface area contributed by atoms with Crippen molar-refractivity contribution in [3.63, 3.8) is 0 Å². The fraction of sp³-hybridized carbons (Fsp3) is 0.429. The largest absolute Gasteiger partial charge is 0.549 e. The van der Waals surface area contributed by atoms with Crippen LogP contribution in [0.25, 0.3) is 0 Å². The van der Waals surface area contributed by atoms with E-state index in [1.54, 1.807) is 45.0 Å². The van der Waals surface area contributed by atoms with Crippen molar-refractivity contribution in [2.75, 3.05) is 6.54 Å². The van der Waals surface area contributed by atoms with E-state index in [9.17, 15) is 14.7 Å². The Labute approximate surface area is 112 Å². The van der Waals surface area contributed by atoms with Gasteiger partial charge in [0.1, 0.15) is 5.60 Å². The summed E-state index contributed by atoms with van der Waals surface area (Å²) in [6.07, 6.45) is 0. The molecule has 0 heterocycles. The molecule has 5 heteroatoms.